The zero-order valence-electron chi connectivity index (χ0n) is 16.1. The van der Waals surface area contributed by atoms with Gasteiger partial charge >= 0.3 is 0 Å². The smallest absolute Gasteiger partial charge is 0.261 e. The molecule has 7 heteroatoms. The third kappa shape index (κ3) is 3.73. The van der Waals surface area contributed by atoms with Crippen LogP contribution in [0.3, 0.4) is 0 Å². The number of fused-ring (bicyclic) bond motifs is 1. The van der Waals surface area contributed by atoms with Crippen LogP contribution in [-0.2, 0) is 4.74 Å². The Bertz CT molecular complexity index is 965. The van der Waals surface area contributed by atoms with Gasteiger partial charge in [0.25, 0.3) is 17.7 Å². The van der Waals surface area contributed by atoms with Crippen LogP contribution in [0.1, 0.15) is 50.8 Å². The number of para-hydroxylation sites is 1. The fourth-order valence-electron chi connectivity index (χ4n) is 3.66. The molecule has 0 radical (unpaired) electrons. The van der Waals surface area contributed by atoms with E-state index in [0.29, 0.717) is 41.3 Å². The third-order valence-corrected chi connectivity index (χ3v) is 5.07. The molecule has 0 spiro atoms. The zero-order valence-corrected chi connectivity index (χ0v) is 16.1. The highest BCUT2D eigenvalue weighted by Crippen LogP contribution is 2.28. The summed E-state index contributed by atoms with van der Waals surface area (Å²) in [5, 5.41) is 2.78. The number of amides is 3. The summed E-state index contributed by atoms with van der Waals surface area (Å²) in [5.41, 5.74) is 1.49. The van der Waals surface area contributed by atoms with Gasteiger partial charge in [0.2, 0.25) is 0 Å². The Balaban J connectivity index is 1.52. The number of nitrogens with zero attached hydrogens (tertiary/aromatic N) is 1. The van der Waals surface area contributed by atoms with Crippen molar-refractivity contribution in [3.63, 3.8) is 0 Å². The Hall–Kier alpha value is -3.19. The van der Waals surface area contributed by atoms with Gasteiger partial charge in [0.1, 0.15) is 5.75 Å². The maximum Gasteiger partial charge on any atom is 0.261 e. The SMILES string of the molecule is CCOc1ccccc1C(=O)Nc1ccc2c(c1)C(=O)N(CC1CCCO1)C2=O. The van der Waals surface area contributed by atoms with Crippen LogP contribution in [0.4, 0.5) is 5.69 Å². The topological polar surface area (TPSA) is 84.9 Å². The molecule has 1 saturated heterocycles. The minimum absolute atomic E-state index is 0.105. The Morgan fingerprint density at radius 1 is 1.17 bits per heavy atom. The van der Waals surface area contributed by atoms with Crippen molar-refractivity contribution in [2.24, 2.45) is 0 Å². The number of benzene rings is 2. The van der Waals surface area contributed by atoms with Gasteiger partial charge in [0, 0.05) is 12.3 Å². The number of carbonyl (C=O) groups excluding carboxylic acids is 3. The predicted octanol–water partition coefficient (Wildman–Crippen LogP) is 3.11. The fraction of sp³-hybridized carbons (Fsp3) is 0.318. The minimum Gasteiger partial charge on any atom is -0.493 e. The number of imide groups is 1. The molecule has 0 aliphatic carbocycles. The first-order valence-corrected chi connectivity index (χ1v) is 9.73. The van der Waals surface area contributed by atoms with Crippen molar-refractivity contribution < 1.29 is 23.9 Å². The molecule has 2 aliphatic rings. The Morgan fingerprint density at radius 2 is 1.97 bits per heavy atom. The molecule has 1 N–H and O–H groups in total. The first-order valence-electron chi connectivity index (χ1n) is 9.73. The molecule has 0 saturated carbocycles. The molecular formula is C22H22N2O5. The molecule has 2 heterocycles. The second kappa shape index (κ2) is 8.05. The Morgan fingerprint density at radius 3 is 2.72 bits per heavy atom. The second-order valence-corrected chi connectivity index (χ2v) is 7.00. The van der Waals surface area contributed by atoms with Crippen molar-refractivity contribution in [2.45, 2.75) is 25.9 Å². The van der Waals surface area contributed by atoms with Crippen LogP contribution >= 0.6 is 0 Å². The van der Waals surface area contributed by atoms with E-state index in [1.54, 1.807) is 42.5 Å². The van der Waals surface area contributed by atoms with Crippen molar-refractivity contribution in [1.82, 2.24) is 4.90 Å². The van der Waals surface area contributed by atoms with Crippen LogP contribution in [0.5, 0.6) is 5.75 Å². The molecule has 2 aromatic carbocycles. The summed E-state index contributed by atoms with van der Waals surface area (Å²) in [4.78, 5) is 39.3. The lowest BCUT2D eigenvalue weighted by Gasteiger charge is -2.17. The van der Waals surface area contributed by atoms with Crippen LogP contribution in [0.25, 0.3) is 0 Å². The summed E-state index contributed by atoms with van der Waals surface area (Å²) >= 11 is 0. The van der Waals surface area contributed by atoms with E-state index in [0.717, 1.165) is 12.8 Å². The number of nitrogens with one attached hydrogen (secondary N) is 1. The van der Waals surface area contributed by atoms with Crippen molar-refractivity contribution in [3.8, 4) is 5.75 Å². The van der Waals surface area contributed by atoms with E-state index >= 15 is 0 Å². The lowest BCUT2D eigenvalue weighted by atomic mass is 10.1. The van der Waals surface area contributed by atoms with Crippen molar-refractivity contribution in [3.05, 3.63) is 59.2 Å². The summed E-state index contributed by atoms with van der Waals surface area (Å²) in [5.74, 6) is -0.531. The quantitative estimate of drug-likeness (QED) is 0.761. The number of hydrogen-bond donors (Lipinski definition) is 1. The standard InChI is InChI=1S/C22H22N2O5/c1-2-28-19-8-4-3-7-17(19)20(25)23-14-9-10-16-18(12-14)22(27)24(21(16)26)13-15-6-5-11-29-15/h3-4,7-10,12,15H,2,5-6,11,13H2,1H3,(H,23,25). The molecule has 4 rings (SSSR count). The number of hydrogen-bond acceptors (Lipinski definition) is 5. The summed E-state index contributed by atoms with van der Waals surface area (Å²) in [7, 11) is 0. The first-order chi connectivity index (χ1) is 14.1. The molecule has 150 valence electrons. The molecule has 1 unspecified atom stereocenters. The van der Waals surface area contributed by atoms with Gasteiger partial charge in [-0.15, -0.1) is 0 Å². The van der Waals surface area contributed by atoms with Gasteiger partial charge in [-0.25, -0.2) is 0 Å². The zero-order chi connectivity index (χ0) is 20.4. The van der Waals surface area contributed by atoms with E-state index in [-0.39, 0.29) is 30.4 Å². The average molecular weight is 394 g/mol. The molecule has 7 nitrogen and oxygen atoms in total. The maximum atomic E-state index is 12.8. The van der Waals surface area contributed by atoms with Gasteiger partial charge in [-0.2, -0.15) is 0 Å². The van der Waals surface area contributed by atoms with Crippen molar-refractivity contribution in [1.29, 1.82) is 0 Å². The average Bonchev–Trinajstić information content (AvgIpc) is 3.32. The highest BCUT2D eigenvalue weighted by Gasteiger charge is 2.37. The van der Waals surface area contributed by atoms with Gasteiger partial charge in [0.15, 0.2) is 0 Å². The number of ether oxygens (including phenoxy) is 2. The highest BCUT2D eigenvalue weighted by atomic mass is 16.5. The molecular weight excluding hydrogens is 372 g/mol. The number of anilines is 1. The lowest BCUT2D eigenvalue weighted by molar-refractivity contribution is 0.0475. The third-order valence-electron chi connectivity index (χ3n) is 5.07. The van der Waals surface area contributed by atoms with Gasteiger partial charge in [-0.3, -0.25) is 19.3 Å². The van der Waals surface area contributed by atoms with E-state index in [1.165, 1.54) is 4.90 Å². The highest BCUT2D eigenvalue weighted by molar-refractivity contribution is 6.22. The van der Waals surface area contributed by atoms with Crippen molar-refractivity contribution >= 4 is 23.4 Å². The van der Waals surface area contributed by atoms with E-state index < -0.39 is 0 Å². The van der Waals surface area contributed by atoms with Gasteiger partial charge < -0.3 is 14.8 Å². The molecule has 3 amide bonds. The first kappa shape index (κ1) is 19.1. The minimum atomic E-state index is -0.355. The van der Waals surface area contributed by atoms with Crippen LogP contribution in [-0.4, -0.2) is 48.5 Å². The summed E-state index contributed by atoms with van der Waals surface area (Å²) in [6.45, 7) is 3.21. The van der Waals surface area contributed by atoms with Crippen LogP contribution in [0.2, 0.25) is 0 Å². The normalized spacial score (nSPS) is 18.1. The van der Waals surface area contributed by atoms with Crippen molar-refractivity contribution in [2.75, 3.05) is 25.1 Å². The lowest BCUT2D eigenvalue weighted by Crippen LogP contribution is -2.36. The largest absolute Gasteiger partial charge is 0.493 e. The van der Waals surface area contributed by atoms with Gasteiger partial charge in [0.05, 0.1) is 35.9 Å². The van der Waals surface area contributed by atoms with Crippen LogP contribution < -0.4 is 10.1 Å². The molecule has 2 aromatic rings. The van der Waals surface area contributed by atoms with E-state index in [9.17, 15) is 14.4 Å². The monoisotopic (exact) mass is 394 g/mol. The molecule has 29 heavy (non-hydrogen) atoms. The fourth-order valence-corrected chi connectivity index (χ4v) is 3.66. The molecule has 2 aliphatic heterocycles. The van der Waals surface area contributed by atoms with Crippen LogP contribution in [0.15, 0.2) is 42.5 Å². The van der Waals surface area contributed by atoms with E-state index in [2.05, 4.69) is 5.32 Å². The Kier molecular flexibility index (Phi) is 5.31. The molecule has 0 aromatic heterocycles. The molecule has 0 bridgehead atoms. The van der Waals surface area contributed by atoms with E-state index in [4.69, 9.17) is 9.47 Å². The van der Waals surface area contributed by atoms with Gasteiger partial charge in [-0.05, 0) is 50.1 Å². The number of carbonyl (C=O) groups is 3. The maximum absolute atomic E-state index is 12.8. The predicted molar refractivity (Wildman–Crippen MR) is 106 cm³/mol. The van der Waals surface area contributed by atoms with Gasteiger partial charge in [-0.1, -0.05) is 12.1 Å². The summed E-state index contributed by atoms with van der Waals surface area (Å²) in [6.07, 6.45) is 1.67. The molecule has 1 fully saturated rings. The van der Waals surface area contributed by atoms with E-state index in [1.807, 2.05) is 6.92 Å². The summed E-state index contributed by atoms with van der Waals surface area (Å²) in [6, 6.07) is 11.7. The Labute approximate surface area is 168 Å². The second-order valence-electron chi connectivity index (χ2n) is 7.00. The van der Waals surface area contributed by atoms with Crippen LogP contribution in [0, 0.1) is 0 Å². The summed E-state index contributed by atoms with van der Waals surface area (Å²) < 4.78 is 11.1. The number of rotatable bonds is 6. The molecule has 1 atom stereocenters.